The number of carbonyl (C=O) groups is 1. The van der Waals surface area contributed by atoms with Crippen LogP contribution in [0, 0.1) is 0 Å². The van der Waals surface area contributed by atoms with E-state index in [1.54, 1.807) is 17.5 Å². The topological polar surface area (TPSA) is 51.0 Å². The second kappa shape index (κ2) is 5.13. The number of carbonyl (C=O) groups excluding carboxylic acids is 1. The number of fused-ring (bicyclic) bond motifs is 1. The quantitative estimate of drug-likeness (QED) is 0.860. The molecule has 0 saturated heterocycles. The summed E-state index contributed by atoms with van der Waals surface area (Å²) in [7, 11) is 0. The Morgan fingerprint density at radius 1 is 1.47 bits per heavy atom. The Hall–Kier alpha value is -1.69. The molecule has 0 bridgehead atoms. The van der Waals surface area contributed by atoms with Crippen molar-refractivity contribution in [1.82, 2.24) is 14.8 Å². The van der Waals surface area contributed by atoms with Gasteiger partial charge in [0, 0.05) is 24.5 Å². The predicted molar refractivity (Wildman–Crippen MR) is 74.4 cm³/mol. The Labute approximate surface area is 115 Å². The average molecular weight is 276 g/mol. The number of hydrogen-bond donors (Lipinski definition) is 0. The standard InChI is InChI=1S/C13H16N4OS/c1-2-10-9-19-11(15-10)8-13(18)16-6-3-7-17-12(16)4-5-14-17/h4-5,9H,2-3,6-8H2,1H3. The molecule has 1 amide bonds. The van der Waals surface area contributed by atoms with E-state index >= 15 is 0 Å². The van der Waals surface area contributed by atoms with Crippen LogP contribution < -0.4 is 4.90 Å². The van der Waals surface area contributed by atoms with Gasteiger partial charge in [-0.3, -0.25) is 9.69 Å². The summed E-state index contributed by atoms with van der Waals surface area (Å²) in [6.07, 6.45) is 4.01. The van der Waals surface area contributed by atoms with Crippen molar-refractivity contribution < 1.29 is 4.79 Å². The normalized spacial score (nSPS) is 14.5. The van der Waals surface area contributed by atoms with Crippen LogP contribution in [0.25, 0.3) is 0 Å². The molecule has 1 aliphatic heterocycles. The number of hydrogen-bond acceptors (Lipinski definition) is 4. The molecule has 2 aromatic rings. The van der Waals surface area contributed by atoms with Crippen LogP contribution in [0.4, 0.5) is 5.82 Å². The fourth-order valence-corrected chi connectivity index (χ4v) is 3.16. The van der Waals surface area contributed by atoms with Crippen LogP contribution in [0.3, 0.4) is 0 Å². The Bertz CT molecular complexity index is 589. The van der Waals surface area contributed by atoms with Gasteiger partial charge in [0.25, 0.3) is 0 Å². The van der Waals surface area contributed by atoms with E-state index in [2.05, 4.69) is 17.0 Å². The first-order valence-electron chi connectivity index (χ1n) is 6.53. The zero-order valence-corrected chi connectivity index (χ0v) is 11.7. The molecule has 3 rings (SSSR count). The van der Waals surface area contributed by atoms with Gasteiger partial charge < -0.3 is 0 Å². The first kappa shape index (κ1) is 12.3. The first-order chi connectivity index (χ1) is 9.28. The molecule has 6 heteroatoms. The van der Waals surface area contributed by atoms with Gasteiger partial charge in [-0.2, -0.15) is 5.10 Å². The molecule has 0 aliphatic carbocycles. The van der Waals surface area contributed by atoms with Gasteiger partial charge in [0.15, 0.2) is 0 Å². The Kier molecular flexibility index (Phi) is 3.33. The number of aromatic nitrogens is 3. The maximum absolute atomic E-state index is 12.4. The molecule has 0 N–H and O–H groups in total. The minimum atomic E-state index is 0.110. The summed E-state index contributed by atoms with van der Waals surface area (Å²) in [5.74, 6) is 1.02. The lowest BCUT2D eigenvalue weighted by Crippen LogP contribution is -2.38. The van der Waals surface area contributed by atoms with Crippen LogP contribution in [-0.4, -0.2) is 27.2 Å². The van der Waals surface area contributed by atoms with Crippen molar-refractivity contribution in [2.24, 2.45) is 0 Å². The van der Waals surface area contributed by atoms with E-state index in [0.29, 0.717) is 6.42 Å². The maximum atomic E-state index is 12.4. The molecule has 1 aliphatic rings. The molecular weight excluding hydrogens is 260 g/mol. The van der Waals surface area contributed by atoms with Crippen molar-refractivity contribution >= 4 is 23.1 Å². The third-order valence-electron chi connectivity index (χ3n) is 3.29. The third-order valence-corrected chi connectivity index (χ3v) is 4.18. The van der Waals surface area contributed by atoms with Crippen molar-refractivity contribution in [3.8, 4) is 0 Å². The molecular formula is C13H16N4OS. The van der Waals surface area contributed by atoms with Crippen LogP contribution in [0.5, 0.6) is 0 Å². The van der Waals surface area contributed by atoms with Crippen molar-refractivity contribution in [3.63, 3.8) is 0 Å². The van der Waals surface area contributed by atoms with Gasteiger partial charge in [-0.1, -0.05) is 6.92 Å². The van der Waals surface area contributed by atoms with Gasteiger partial charge in [0.2, 0.25) is 5.91 Å². The van der Waals surface area contributed by atoms with E-state index in [-0.39, 0.29) is 5.91 Å². The van der Waals surface area contributed by atoms with E-state index in [4.69, 9.17) is 0 Å². The number of nitrogens with zero attached hydrogens (tertiary/aromatic N) is 4. The van der Waals surface area contributed by atoms with Gasteiger partial charge in [-0.05, 0) is 12.8 Å². The number of aryl methyl sites for hydroxylation is 2. The number of amides is 1. The zero-order valence-electron chi connectivity index (χ0n) is 10.9. The lowest BCUT2D eigenvalue weighted by molar-refractivity contribution is -0.118. The van der Waals surface area contributed by atoms with Gasteiger partial charge in [0.1, 0.15) is 10.8 Å². The Morgan fingerprint density at radius 2 is 2.37 bits per heavy atom. The van der Waals surface area contributed by atoms with Gasteiger partial charge in [0.05, 0.1) is 18.3 Å². The fraction of sp³-hybridized carbons (Fsp3) is 0.462. The summed E-state index contributed by atoms with van der Waals surface area (Å²) in [6, 6.07) is 1.90. The molecule has 0 aromatic carbocycles. The molecule has 0 atom stereocenters. The van der Waals surface area contributed by atoms with Crippen molar-refractivity contribution in [2.45, 2.75) is 32.7 Å². The summed E-state index contributed by atoms with van der Waals surface area (Å²) in [6.45, 7) is 3.74. The van der Waals surface area contributed by atoms with Crippen LogP contribution in [0.2, 0.25) is 0 Å². The molecule has 5 nitrogen and oxygen atoms in total. The molecule has 0 unspecified atom stereocenters. The van der Waals surface area contributed by atoms with E-state index in [0.717, 1.165) is 42.5 Å². The smallest absolute Gasteiger partial charge is 0.235 e. The number of anilines is 1. The highest BCUT2D eigenvalue weighted by molar-refractivity contribution is 7.09. The second-order valence-electron chi connectivity index (χ2n) is 4.57. The third kappa shape index (κ3) is 2.40. The lowest BCUT2D eigenvalue weighted by atomic mass is 10.2. The maximum Gasteiger partial charge on any atom is 0.235 e. The number of rotatable bonds is 3. The fourth-order valence-electron chi connectivity index (χ4n) is 2.29. The average Bonchev–Trinajstić information content (AvgIpc) is 3.05. The van der Waals surface area contributed by atoms with E-state index in [1.165, 1.54) is 0 Å². The molecule has 2 aromatic heterocycles. The summed E-state index contributed by atoms with van der Waals surface area (Å²) in [5, 5.41) is 7.16. The highest BCUT2D eigenvalue weighted by atomic mass is 32.1. The molecule has 0 saturated carbocycles. The van der Waals surface area contributed by atoms with Crippen LogP contribution in [-0.2, 0) is 24.2 Å². The van der Waals surface area contributed by atoms with E-state index < -0.39 is 0 Å². The molecule has 100 valence electrons. The Balaban J connectivity index is 1.75. The monoisotopic (exact) mass is 276 g/mol. The number of thiazole rings is 1. The minimum absolute atomic E-state index is 0.110. The highest BCUT2D eigenvalue weighted by Crippen LogP contribution is 2.21. The van der Waals surface area contributed by atoms with E-state index in [9.17, 15) is 4.79 Å². The molecule has 19 heavy (non-hydrogen) atoms. The van der Waals surface area contributed by atoms with Crippen molar-refractivity contribution in [2.75, 3.05) is 11.4 Å². The molecule has 0 radical (unpaired) electrons. The molecule has 3 heterocycles. The molecule has 0 spiro atoms. The second-order valence-corrected chi connectivity index (χ2v) is 5.52. The summed E-state index contributed by atoms with van der Waals surface area (Å²) < 4.78 is 1.89. The van der Waals surface area contributed by atoms with Crippen molar-refractivity contribution in [3.05, 3.63) is 28.3 Å². The Morgan fingerprint density at radius 3 is 3.16 bits per heavy atom. The molecule has 0 fully saturated rings. The van der Waals surface area contributed by atoms with E-state index in [1.807, 2.05) is 21.0 Å². The van der Waals surface area contributed by atoms with Crippen LogP contribution in [0.15, 0.2) is 17.6 Å². The highest BCUT2D eigenvalue weighted by Gasteiger charge is 2.23. The largest absolute Gasteiger partial charge is 0.297 e. The SMILES string of the molecule is CCc1csc(CC(=O)N2CCCn3nccc32)n1. The summed E-state index contributed by atoms with van der Waals surface area (Å²) in [4.78, 5) is 18.7. The summed E-state index contributed by atoms with van der Waals surface area (Å²) >= 11 is 1.57. The predicted octanol–water partition coefficient (Wildman–Crippen LogP) is 1.88. The lowest BCUT2D eigenvalue weighted by Gasteiger charge is -2.27. The van der Waals surface area contributed by atoms with Crippen molar-refractivity contribution in [1.29, 1.82) is 0 Å². The van der Waals surface area contributed by atoms with Gasteiger partial charge in [-0.25, -0.2) is 9.67 Å². The zero-order chi connectivity index (χ0) is 13.2. The van der Waals surface area contributed by atoms with Crippen LogP contribution in [0.1, 0.15) is 24.0 Å². The first-order valence-corrected chi connectivity index (χ1v) is 7.41. The minimum Gasteiger partial charge on any atom is -0.297 e. The van der Waals surface area contributed by atoms with Gasteiger partial charge >= 0.3 is 0 Å². The van der Waals surface area contributed by atoms with Crippen LogP contribution >= 0.6 is 11.3 Å². The van der Waals surface area contributed by atoms with Gasteiger partial charge in [-0.15, -0.1) is 11.3 Å². The summed E-state index contributed by atoms with van der Waals surface area (Å²) in [5.41, 5.74) is 1.07.